The van der Waals surface area contributed by atoms with E-state index >= 15 is 0 Å². The van der Waals surface area contributed by atoms with E-state index in [-0.39, 0.29) is 0 Å². The number of hydrogen-bond acceptors (Lipinski definition) is 7. The lowest BCUT2D eigenvalue weighted by molar-refractivity contribution is 0.191. The predicted molar refractivity (Wildman–Crippen MR) is 99.8 cm³/mol. The van der Waals surface area contributed by atoms with Crippen molar-refractivity contribution in [2.24, 2.45) is 11.5 Å². The highest BCUT2D eigenvalue weighted by atomic mass is 32.4. The molecule has 9 heteroatoms. The molecule has 0 saturated carbocycles. The minimum absolute atomic E-state index is 0.491. The molecule has 0 heterocycles. The molecule has 0 saturated heterocycles. The van der Waals surface area contributed by atoms with Crippen molar-refractivity contribution in [2.45, 2.75) is 40.5 Å². The summed E-state index contributed by atoms with van der Waals surface area (Å²) in [5, 5.41) is 0. The number of nitrogens with two attached hydrogens (primary N) is 2. The Morgan fingerprint density at radius 2 is 0.913 bits per heavy atom. The van der Waals surface area contributed by atoms with Gasteiger partial charge in [0, 0.05) is 11.5 Å². The smallest absolute Gasteiger partial charge is 0.104 e. The third kappa shape index (κ3) is 8.89. The first-order chi connectivity index (χ1) is 11.1. The van der Waals surface area contributed by atoms with Crippen LogP contribution < -0.4 is 11.5 Å². The van der Waals surface area contributed by atoms with Gasteiger partial charge in [0.1, 0.15) is 21.7 Å². The third-order valence-corrected chi connectivity index (χ3v) is 8.21. The van der Waals surface area contributed by atoms with Crippen molar-refractivity contribution in [3.63, 3.8) is 0 Å². The molecule has 0 bridgehead atoms. The summed E-state index contributed by atoms with van der Waals surface area (Å²) in [6.45, 7) is 10.7. The first-order valence-electron chi connectivity index (χ1n) is 8.38. The van der Waals surface area contributed by atoms with Gasteiger partial charge in [0.25, 0.3) is 0 Å². The maximum atomic E-state index is 6.36. The van der Waals surface area contributed by atoms with Gasteiger partial charge in [0.15, 0.2) is 0 Å². The molecule has 144 valence electrons. The van der Waals surface area contributed by atoms with E-state index in [1.54, 1.807) is 0 Å². The average molecular weight is 377 g/mol. The molecule has 0 aromatic heterocycles. The van der Waals surface area contributed by atoms with Crippen molar-refractivity contribution in [3.8, 4) is 0 Å². The summed E-state index contributed by atoms with van der Waals surface area (Å²) in [6, 6.07) is 0. The highest BCUT2D eigenvalue weighted by Crippen LogP contribution is 2.67. The van der Waals surface area contributed by atoms with Crippen molar-refractivity contribution in [2.75, 3.05) is 51.0 Å². The molecule has 0 radical (unpaired) electrons. The van der Waals surface area contributed by atoms with Crippen LogP contribution in [0.3, 0.4) is 0 Å². The topological polar surface area (TPSA) is 98.2 Å². The van der Waals surface area contributed by atoms with E-state index in [1.807, 2.05) is 27.7 Å². The van der Waals surface area contributed by atoms with Crippen LogP contribution in [0.1, 0.15) is 40.5 Å². The molecule has 0 aliphatic rings. The summed E-state index contributed by atoms with van der Waals surface area (Å²) >= 11 is 0. The Balaban J connectivity index is 5.39. The standard InChI is InChI=1S/C14H36N2O5S2/c1-5-17-22(18-6-2,13-9-11-15)21-23(19-7-3,20-8-4)14-10-12-16/h5-16H2,1-4H3. The van der Waals surface area contributed by atoms with Crippen LogP contribution in [0, 0.1) is 0 Å². The second kappa shape index (κ2) is 13.7. The largest absolute Gasteiger partial charge is 0.330 e. The van der Waals surface area contributed by atoms with Gasteiger partial charge in [0.05, 0.1) is 26.4 Å². The van der Waals surface area contributed by atoms with Crippen LogP contribution in [0.5, 0.6) is 0 Å². The Morgan fingerprint density at radius 3 is 1.13 bits per heavy atom. The summed E-state index contributed by atoms with van der Waals surface area (Å²) in [7, 11) is -4.45. The van der Waals surface area contributed by atoms with Crippen LogP contribution in [0.25, 0.3) is 0 Å². The normalized spacial score (nSPS) is 14.2. The van der Waals surface area contributed by atoms with E-state index < -0.39 is 21.7 Å². The van der Waals surface area contributed by atoms with E-state index in [0.29, 0.717) is 51.0 Å². The van der Waals surface area contributed by atoms with Crippen molar-refractivity contribution >= 4 is 21.7 Å². The summed E-state index contributed by atoms with van der Waals surface area (Å²) in [5.74, 6) is 1.20. The maximum Gasteiger partial charge on any atom is 0.104 e. The predicted octanol–water partition coefficient (Wildman–Crippen LogP) is 2.95. The van der Waals surface area contributed by atoms with Crippen LogP contribution in [0.4, 0.5) is 0 Å². The van der Waals surface area contributed by atoms with Gasteiger partial charge in [0.2, 0.25) is 0 Å². The Morgan fingerprint density at radius 1 is 0.609 bits per heavy atom. The van der Waals surface area contributed by atoms with Gasteiger partial charge in [-0.3, -0.25) is 16.7 Å². The fourth-order valence-electron chi connectivity index (χ4n) is 1.85. The first-order valence-corrected chi connectivity index (χ1v) is 11.5. The van der Waals surface area contributed by atoms with Crippen LogP contribution in [-0.2, 0) is 20.4 Å². The van der Waals surface area contributed by atoms with Gasteiger partial charge in [-0.15, -0.1) is 0 Å². The van der Waals surface area contributed by atoms with Gasteiger partial charge < -0.3 is 11.5 Å². The Labute approximate surface area is 145 Å². The Bertz CT molecular complexity index is 250. The zero-order valence-corrected chi connectivity index (χ0v) is 16.7. The highest BCUT2D eigenvalue weighted by Gasteiger charge is 2.38. The Hall–Kier alpha value is 0.420. The van der Waals surface area contributed by atoms with Gasteiger partial charge >= 0.3 is 0 Å². The molecule has 0 aliphatic heterocycles. The molecule has 7 nitrogen and oxygen atoms in total. The fourth-order valence-corrected chi connectivity index (χ4v) is 7.37. The molecule has 0 aromatic carbocycles. The summed E-state index contributed by atoms with van der Waals surface area (Å²) in [5.41, 5.74) is 11.3. The molecule has 0 atom stereocenters. The van der Waals surface area contributed by atoms with E-state index in [4.69, 9.17) is 31.8 Å². The Kier molecular flexibility index (Phi) is 13.9. The fraction of sp³-hybridized carbons (Fsp3) is 1.00. The lowest BCUT2D eigenvalue weighted by Crippen LogP contribution is -2.25. The zero-order chi connectivity index (χ0) is 17.6. The first kappa shape index (κ1) is 23.4. The molecule has 23 heavy (non-hydrogen) atoms. The lowest BCUT2D eigenvalue weighted by Gasteiger charge is -2.46. The van der Waals surface area contributed by atoms with Crippen LogP contribution in [0.15, 0.2) is 0 Å². The molecule has 0 aromatic rings. The van der Waals surface area contributed by atoms with Crippen molar-refractivity contribution in [1.82, 2.24) is 0 Å². The van der Waals surface area contributed by atoms with Gasteiger partial charge in [-0.05, 0) is 53.6 Å². The van der Waals surface area contributed by atoms with Gasteiger partial charge in [-0.2, -0.15) is 3.63 Å². The molecule has 0 unspecified atom stereocenters. The summed E-state index contributed by atoms with van der Waals surface area (Å²) in [4.78, 5) is 0. The maximum absolute atomic E-state index is 6.36. The van der Waals surface area contributed by atoms with E-state index in [2.05, 4.69) is 0 Å². The zero-order valence-electron chi connectivity index (χ0n) is 15.1. The number of hydrogen-bond donors (Lipinski definition) is 2. The average Bonchev–Trinajstić information content (AvgIpc) is 2.52. The van der Waals surface area contributed by atoms with E-state index in [1.165, 1.54) is 0 Å². The SMILES string of the molecule is CCOS(CCCN)(OCC)OS(CCCN)(OCC)OCC. The lowest BCUT2D eigenvalue weighted by atomic mass is 10.5. The molecular formula is C14H36N2O5S2. The van der Waals surface area contributed by atoms with Crippen LogP contribution >= 0.6 is 21.7 Å². The molecule has 0 fully saturated rings. The van der Waals surface area contributed by atoms with Crippen molar-refractivity contribution in [1.29, 1.82) is 0 Å². The quantitative estimate of drug-likeness (QED) is 0.427. The van der Waals surface area contributed by atoms with Gasteiger partial charge in [-0.25, -0.2) is 0 Å². The van der Waals surface area contributed by atoms with Crippen LogP contribution in [0.2, 0.25) is 0 Å². The third-order valence-electron chi connectivity index (χ3n) is 2.59. The summed E-state index contributed by atoms with van der Waals surface area (Å²) in [6.07, 6.45) is 1.50. The second-order valence-corrected chi connectivity index (χ2v) is 9.04. The van der Waals surface area contributed by atoms with E-state index in [9.17, 15) is 0 Å². The van der Waals surface area contributed by atoms with E-state index in [0.717, 1.165) is 12.8 Å². The number of rotatable bonds is 16. The summed E-state index contributed by atoms with van der Waals surface area (Å²) < 4.78 is 30.0. The highest BCUT2D eigenvalue weighted by molar-refractivity contribution is 8.34. The molecule has 0 rings (SSSR count). The molecular weight excluding hydrogens is 340 g/mol. The van der Waals surface area contributed by atoms with Crippen LogP contribution in [-0.4, -0.2) is 51.0 Å². The van der Waals surface area contributed by atoms with Crippen molar-refractivity contribution in [3.05, 3.63) is 0 Å². The molecule has 4 N–H and O–H groups in total. The van der Waals surface area contributed by atoms with Crippen molar-refractivity contribution < 1.29 is 20.4 Å². The molecule has 0 aliphatic carbocycles. The molecule has 0 spiro atoms. The minimum atomic E-state index is -2.23. The second-order valence-electron chi connectivity index (χ2n) is 4.50. The minimum Gasteiger partial charge on any atom is -0.330 e. The van der Waals surface area contributed by atoms with Gasteiger partial charge in [-0.1, -0.05) is 0 Å². The monoisotopic (exact) mass is 376 g/mol. The molecule has 0 amide bonds.